The molecule has 2 saturated carbocycles. The number of nitrogens with one attached hydrogen (secondary N) is 1. The number of carbonyl (C=O) groups is 4. The Balaban J connectivity index is 0.000000146. The number of fused-ring (bicyclic) bond motifs is 2. The second-order valence-electron chi connectivity index (χ2n) is 13.2. The monoisotopic (exact) mass is 738 g/mol. The van der Waals surface area contributed by atoms with Crippen molar-refractivity contribution in [3.63, 3.8) is 0 Å². The van der Waals surface area contributed by atoms with Gasteiger partial charge in [0.25, 0.3) is 5.91 Å². The summed E-state index contributed by atoms with van der Waals surface area (Å²) in [4.78, 5) is 49.0. The SMILES string of the molecule is CCOC(=O)c1c2c(c(C3CC3)n1C)C(=O)CC2.Cn1c(C(=O)Nc2ccc(F)c(Cl)c2)c2c(c1C1CC1)C(=O)CC2.Nc1ccc(F)c(Cl)c1. The first kappa shape index (κ1) is 36.3. The fraction of sp³-hybridized carbons (Fsp3) is 0.368. The minimum absolute atomic E-state index is 0.0428. The third-order valence-electron chi connectivity index (χ3n) is 9.58. The van der Waals surface area contributed by atoms with E-state index in [4.69, 9.17) is 33.7 Å². The van der Waals surface area contributed by atoms with Crippen molar-refractivity contribution in [1.82, 2.24) is 9.13 Å². The molecule has 8 rings (SSSR count). The van der Waals surface area contributed by atoms with Crippen molar-refractivity contribution in [3.05, 3.63) is 103 Å². The molecule has 2 aromatic heterocycles. The van der Waals surface area contributed by atoms with Crippen LogP contribution >= 0.6 is 23.2 Å². The standard InChI is InChI=1S/C18H16ClFN2O2.C14H17NO3.C6H5ClFN/c1-22-16(9-2-3-9)15-11(5-7-14(15)23)17(22)18(24)21-10-4-6-13(20)12(19)8-10;1-3-18-14(17)13-9-6-7-10(16)11(9)12(15(13)2)8-4-5-8;7-5-3-4(9)1-2-6(5)8/h4,6,8-9H,2-3,5,7H2,1H3,(H,21,24);8H,3-7H2,1-2H3;1-3H,9H2. The molecule has 2 fully saturated rings. The van der Waals surface area contributed by atoms with Crippen molar-refractivity contribution >= 4 is 58.0 Å². The number of carbonyl (C=O) groups excluding carboxylic acids is 4. The van der Waals surface area contributed by atoms with Gasteiger partial charge in [0, 0.05) is 60.8 Å². The number of anilines is 2. The van der Waals surface area contributed by atoms with Crippen LogP contribution < -0.4 is 11.1 Å². The summed E-state index contributed by atoms with van der Waals surface area (Å²) in [5, 5.41) is 2.78. The minimum Gasteiger partial charge on any atom is -0.461 e. The fourth-order valence-corrected chi connectivity index (χ4v) is 7.43. The van der Waals surface area contributed by atoms with Crippen LogP contribution in [0.25, 0.3) is 0 Å². The summed E-state index contributed by atoms with van der Waals surface area (Å²) in [7, 11) is 3.72. The van der Waals surface area contributed by atoms with Crippen molar-refractivity contribution < 1.29 is 32.7 Å². The summed E-state index contributed by atoms with van der Waals surface area (Å²) in [6.45, 7) is 2.17. The number of nitrogens with two attached hydrogens (primary N) is 1. The Morgan fingerprint density at radius 1 is 0.804 bits per heavy atom. The highest BCUT2D eigenvalue weighted by Crippen LogP contribution is 2.47. The number of nitrogens with zero attached hydrogens (tertiary/aromatic N) is 2. The quantitative estimate of drug-likeness (QED) is 0.151. The molecule has 0 atom stereocenters. The molecular weight excluding hydrogens is 701 g/mol. The van der Waals surface area contributed by atoms with E-state index >= 15 is 0 Å². The van der Waals surface area contributed by atoms with Gasteiger partial charge in [0.2, 0.25) is 0 Å². The molecule has 3 N–H and O–H groups in total. The zero-order valence-corrected chi connectivity index (χ0v) is 30.0. The van der Waals surface area contributed by atoms with Crippen molar-refractivity contribution in [2.24, 2.45) is 14.1 Å². The Bertz CT molecular complexity index is 2080. The summed E-state index contributed by atoms with van der Waals surface area (Å²) in [5.41, 5.74) is 12.7. The summed E-state index contributed by atoms with van der Waals surface area (Å²) >= 11 is 11.1. The number of ether oxygens (including phenoxy) is 1. The number of ketones is 2. The number of halogens is 4. The largest absolute Gasteiger partial charge is 0.461 e. The summed E-state index contributed by atoms with van der Waals surface area (Å²) in [5.74, 6) is -0.385. The van der Waals surface area contributed by atoms with E-state index in [9.17, 15) is 28.0 Å². The van der Waals surface area contributed by atoms with Crippen LogP contribution in [0.1, 0.15) is 121 Å². The Kier molecular flexibility index (Phi) is 10.4. The predicted molar refractivity (Wildman–Crippen MR) is 191 cm³/mol. The smallest absolute Gasteiger partial charge is 0.355 e. The molecule has 0 saturated heterocycles. The summed E-state index contributed by atoms with van der Waals surface area (Å²) in [6, 6.07) is 8.13. The highest BCUT2D eigenvalue weighted by Gasteiger charge is 2.40. The van der Waals surface area contributed by atoms with Crippen molar-refractivity contribution in [1.29, 1.82) is 0 Å². The molecule has 2 aromatic carbocycles. The Morgan fingerprint density at radius 2 is 1.29 bits per heavy atom. The van der Waals surface area contributed by atoms with E-state index in [1.54, 1.807) is 6.92 Å². The molecule has 0 radical (unpaired) electrons. The van der Waals surface area contributed by atoms with Crippen molar-refractivity contribution in [3.8, 4) is 0 Å². The Hall–Kier alpha value is -4.48. The number of amides is 1. The first-order valence-electron chi connectivity index (χ1n) is 17.0. The lowest BCUT2D eigenvalue weighted by molar-refractivity contribution is 0.0513. The van der Waals surface area contributed by atoms with Gasteiger partial charge in [0.1, 0.15) is 23.0 Å². The number of rotatable bonds is 6. The molecular formula is C38H38Cl2F2N4O5. The fourth-order valence-electron chi connectivity index (χ4n) is 7.06. The number of benzene rings is 2. The van der Waals surface area contributed by atoms with E-state index in [0.717, 1.165) is 59.3 Å². The van der Waals surface area contributed by atoms with Crippen LogP contribution in [0, 0.1) is 11.6 Å². The van der Waals surface area contributed by atoms with Gasteiger partial charge in [-0.1, -0.05) is 23.2 Å². The first-order valence-corrected chi connectivity index (χ1v) is 17.7. The normalized spacial score (nSPS) is 15.7. The molecule has 0 aliphatic heterocycles. The molecule has 0 unspecified atom stereocenters. The number of aromatic nitrogens is 2. The molecule has 1 amide bonds. The van der Waals surface area contributed by atoms with Gasteiger partial charge >= 0.3 is 5.97 Å². The first-order chi connectivity index (χ1) is 24.3. The molecule has 4 aliphatic carbocycles. The van der Waals surface area contributed by atoms with Gasteiger partial charge in [-0.25, -0.2) is 13.6 Å². The van der Waals surface area contributed by atoms with E-state index in [1.165, 1.54) is 36.4 Å². The van der Waals surface area contributed by atoms with Crippen LogP contribution in [-0.2, 0) is 31.7 Å². The maximum absolute atomic E-state index is 13.3. The van der Waals surface area contributed by atoms with Crippen LogP contribution in [0.5, 0.6) is 0 Å². The average molecular weight is 740 g/mol. The number of hydrogen-bond acceptors (Lipinski definition) is 6. The molecule has 4 aliphatic rings. The van der Waals surface area contributed by atoms with E-state index in [2.05, 4.69) is 5.32 Å². The van der Waals surface area contributed by atoms with Gasteiger partial charge < -0.3 is 24.9 Å². The molecule has 268 valence electrons. The van der Waals surface area contributed by atoms with Crippen LogP contribution in [0.15, 0.2) is 36.4 Å². The van der Waals surface area contributed by atoms with E-state index in [-0.39, 0.29) is 33.5 Å². The zero-order chi connectivity index (χ0) is 36.7. The molecule has 0 spiro atoms. The van der Waals surface area contributed by atoms with Crippen LogP contribution in [-0.4, -0.2) is 39.2 Å². The van der Waals surface area contributed by atoms with Crippen LogP contribution in [0.3, 0.4) is 0 Å². The lowest BCUT2D eigenvalue weighted by Crippen LogP contribution is -2.18. The maximum Gasteiger partial charge on any atom is 0.355 e. The maximum atomic E-state index is 13.3. The van der Waals surface area contributed by atoms with Gasteiger partial charge in [-0.05, 0) is 105 Å². The van der Waals surface area contributed by atoms with E-state index in [1.807, 2.05) is 23.2 Å². The van der Waals surface area contributed by atoms with Gasteiger partial charge in [-0.2, -0.15) is 0 Å². The second kappa shape index (κ2) is 14.6. The lowest BCUT2D eigenvalue weighted by atomic mass is 10.1. The molecule has 13 heteroatoms. The highest BCUT2D eigenvalue weighted by molar-refractivity contribution is 6.31. The minimum atomic E-state index is -0.531. The van der Waals surface area contributed by atoms with Crippen molar-refractivity contribution in [2.75, 3.05) is 17.7 Å². The summed E-state index contributed by atoms with van der Waals surface area (Å²) < 4.78 is 34.4. The van der Waals surface area contributed by atoms with E-state index in [0.29, 0.717) is 66.9 Å². The number of nitrogen functional groups attached to an aromatic ring is 1. The average Bonchev–Trinajstić information content (AvgIpc) is 3.99. The van der Waals surface area contributed by atoms with Gasteiger partial charge in [0.15, 0.2) is 11.6 Å². The topological polar surface area (TPSA) is 125 Å². The number of hydrogen-bond donors (Lipinski definition) is 2. The van der Waals surface area contributed by atoms with Crippen LogP contribution in [0.4, 0.5) is 20.2 Å². The predicted octanol–water partition coefficient (Wildman–Crippen LogP) is 8.35. The molecule has 51 heavy (non-hydrogen) atoms. The third-order valence-corrected chi connectivity index (χ3v) is 10.2. The Morgan fingerprint density at radius 3 is 1.76 bits per heavy atom. The highest BCUT2D eigenvalue weighted by atomic mass is 35.5. The molecule has 9 nitrogen and oxygen atoms in total. The molecule has 4 aromatic rings. The third kappa shape index (κ3) is 7.32. The van der Waals surface area contributed by atoms with Crippen molar-refractivity contribution in [2.45, 2.75) is 70.1 Å². The van der Waals surface area contributed by atoms with E-state index < -0.39 is 11.6 Å². The summed E-state index contributed by atoms with van der Waals surface area (Å²) in [6.07, 6.45) is 6.66. The van der Waals surface area contributed by atoms with Gasteiger partial charge in [-0.3, -0.25) is 14.4 Å². The lowest BCUT2D eigenvalue weighted by Gasteiger charge is -2.10. The molecule has 2 heterocycles. The Labute approximate surface area is 304 Å². The molecule has 0 bridgehead atoms. The van der Waals surface area contributed by atoms with Gasteiger partial charge in [-0.15, -0.1) is 0 Å². The zero-order valence-electron chi connectivity index (χ0n) is 28.5. The number of esters is 1. The van der Waals surface area contributed by atoms with Crippen LogP contribution in [0.2, 0.25) is 10.0 Å². The number of Topliss-reactive ketones (excluding diaryl/α,β-unsaturated/α-hetero) is 2. The second-order valence-corrected chi connectivity index (χ2v) is 14.0. The van der Waals surface area contributed by atoms with Gasteiger partial charge in [0.05, 0.1) is 16.7 Å².